The summed E-state index contributed by atoms with van der Waals surface area (Å²) in [5.74, 6) is 0. The Hall–Kier alpha value is 3.86. The molecule has 0 bridgehead atoms. The predicted octanol–water partition coefficient (Wildman–Crippen LogP) is -2.90. The van der Waals surface area contributed by atoms with Gasteiger partial charge in [-0.2, -0.15) is 0 Å². The minimum atomic E-state index is 0. The van der Waals surface area contributed by atoms with E-state index in [4.69, 9.17) is 0 Å². The van der Waals surface area contributed by atoms with Gasteiger partial charge in [-0.1, -0.05) is 0 Å². The number of halogens is 1. The smallest absolute Gasteiger partial charge is 2.00 e. The van der Waals surface area contributed by atoms with Gasteiger partial charge in [-0.3, -0.25) is 0 Å². The summed E-state index contributed by atoms with van der Waals surface area (Å²) in [7, 11) is 0. The van der Waals surface area contributed by atoms with E-state index in [9.17, 15) is 0 Å². The van der Waals surface area contributed by atoms with E-state index in [2.05, 4.69) is 0 Å². The molecule has 0 radical (unpaired) electrons. The molecule has 0 rings (SSSR count). The standard InChI is InChI=1S/2Ba.ClH.P/h;;1H;/q2*+2;;-3/p-1. The first-order chi connectivity index (χ1) is 0. The van der Waals surface area contributed by atoms with Crippen molar-refractivity contribution in [2.75, 3.05) is 0 Å². The molecule has 0 fully saturated rings. The third-order valence-electron chi connectivity index (χ3n) is 0. The van der Waals surface area contributed by atoms with Gasteiger partial charge in [0.25, 0.3) is 0 Å². The van der Waals surface area contributed by atoms with Crippen molar-refractivity contribution in [3.8, 4) is 0 Å². The van der Waals surface area contributed by atoms with E-state index in [-0.39, 0.29) is 120 Å². The van der Waals surface area contributed by atoms with Gasteiger partial charge in [-0.25, -0.2) is 0 Å². The molecule has 4 heavy (non-hydrogen) atoms. The van der Waals surface area contributed by atoms with Crippen LogP contribution in [0.5, 0.6) is 0 Å². The summed E-state index contributed by atoms with van der Waals surface area (Å²) in [6.07, 6.45) is 0. The molecule has 0 saturated heterocycles. The Morgan fingerprint density at radius 2 is 0.750 bits per heavy atom. The maximum Gasteiger partial charge on any atom is 2.00 e. The van der Waals surface area contributed by atoms with Crippen molar-refractivity contribution in [2.45, 2.75) is 0 Å². The molecule has 0 nitrogen and oxygen atoms in total. The molecule has 0 aromatic rings. The van der Waals surface area contributed by atoms with E-state index < -0.39 is 0 Å². The average Bonchev–Trinajstić information content (AvgIpc) is 0. The van der Waals surface area contributed by atoms with Crippen molar-refractivity contribution in [3.05, 3.63) is 0 Å². The van der Waals surface area contributed by atoms with Crippen molar-refractivity contribution in [1.29, 1.82) is 0 Å². The SMILES string of the molecule is [Ba+2].[Ba+2].[Cl-].[P-3]. The van der Waals surface area contributed by atoms with Crippen LogP contribution in [0.15, 0.2) is 0 Å². The Bertz CT molecular complexity index is 6.00. The third-order valence-corrected chi connectivity index (χ3v) is 0. The maximum atomic E-state index is 0. The van der Waals surface area contributed by atoms with Gasteiger partial charge in [-0.15, -0.1) is 0 Å². The molecule has 0 aliphatic heterocycles. The summed E-state index contributed by atoms with van der Waals surface area (Å²) in [6.45, 7) is 0. The second kappa shape index (κ2) is 15.8. The molecule has 0 aliphatic rings. The van der Waals surface area contributed by atoms with Crippen molar-refractivity contribution < 1.29 is 12.4 Å². The molecule has 0 heterocycles. The molecule has 4 heteroatoms. The van der Waals surface area contributed by atoms with Gasteiger partial charge in [0.2, 0.25) is 0 Å². The van der Waals surface area contributed by atoms with Crippen molar-refractivity contribution in [1.82, 2.24) is 0 Å². The molecule has 0 aliphatic carbocycles. The maximum absolute atomic E-state index is 0. The largest absolute Gasteiger partial charge is 3.00 e. The van der Waals surface area contributed by atoms with Gasteiger partial charge in [0.05, 0.1) is 0 Å². The summed E-state index contributed by atoms with van der Waals surface area (Å²) < 4.78 is 0. The van der Waals surface area contributed by atoms with Gasteiger partial charge in [0.15, 0.2) is 0 Å². The fourth-order valence-electron chi connectivity index (χ4n) is 0. The normalized spacial score (nSPS) is 0. The molecular weight excluding hydrogens is 341 g/mol. The minimum Gasteiger partial charge on any atom is -3.00 e. The number of rotatable bonds is 0. The van der Waals surface area contributed by atoms with E-state index >= 15 is 0 Å². The Balaban J connectivity index is 0. The second-order valence-corrected chi connectivity index (χ2v) is 0. The van der Waals surface area contributed by atoms with Crippen molar-refractivity contribution in [2.24, 2.45) is 0 Å². The van der Waals surface area contributed by atoms with Gasteiger partial charge in [0, 0.05) is 0 Å². The van der Waals surface area contributed by atoms with Crippen LogP contribution in [0, 0.1) is 0 Å². The summed E-state index contributed by atoms with van der Waals surface area (Å²) in [5.41, 5.74) is 0. The van der Waals surface area contributed by atoms with Gasteiger partial charge in [-0.05, 0) is 0 Å². The molecule has 0 spiro atoms. The first-order valence-corrected chi connectivity index (χ1v) is 0. The Kier molecular flexibility index (Phi) is 98.1. The van der Waals surface area contributed by atoms with E-state index in [0.29, 0.717) is 0 Å². The van der Waals surface area contributed by atoms with Crippen LogP contribution < -0.4 is 12.4 Å². The van der Waals surface area contributed by atoms with Crippen LogP contribution in [-0.2, 0) is 0 Å². The van der Waals surface area contributed by atoms with Crippen LogP contribution in [0.3, 0.4) is 0 Å². The Morgan fingerprint density at radius 1 is 0.750 bits per heavy atom. The van der Waals surface area contributed by atoms with Crippen molar-refractivity contribution >= 4 is 108 Å². The van der Waals surface area contributed by atoms with Crippen LogP contribution in [0.25, 0.3) is 0 Å². The quantitative estimate of drug-likeness (QED) is 0.328. The molecule has 0 aromatic heterocycles. The van der Waals surface area contributed by atoms with Crippen molar-refractivity contribution in [3.63, 3.8) is 0 Å². The first kappa shape index (κ1) is 24.8. The Labute approximate surface area is 116 Å². The van der Waals surface area contributed by atoms with Gasteiger partial charge in [0.1, 0.15) is 0 Å². The summed E-state index contributed by atoms with van der Waals surface area (Å²) in [5, 5.41) is 0. The molecular formula is Ba2ClP. The molecule has 0 amide bonds. The fraction of sp³-hybridized carbons (Fsp3) is 0. The van der Waals surface area contributed by atoms with Crippen LogP contribution in [0.1, 0.15) is 0 Å². The zero-order valence-electron chi connectivity index (χ0n) is 2.24. The minimum absolute atomic E-state index is 0. The Morgan fingerprint density at radius 3 is 0.750 bits per heavy atom. The van der Waals surface area contributed by atoms with Crippen LogP contribution in [0.4, 0.5) is 0 Å². The van der Waals surface area contributed by atoms with E-state index in [1.807, 2.05) is 0 Å². The average molecular weight is 341 g/mol. The van der Waals surface area contributed by atoms with Crippen LogP contribution in [-0.4, -0.2) is 97.8 Å². The molecule has 0 N–H and O–H groups in total. The van der Waals surface area contributed by atoms with Gasteiger partial charge < -0.3 is 22.3 Å². The third kappa shape index (κ3) is 9.29. The molecule has 0 saturated carbocycles. The molecule has 16 valence electrons. The summed E-state index contributed by atoms with van der Waals surface area (Å²) in [4.78, 5) is 0. The first-order valence-electron chi connectivity index (χ1n) is 0. The van der Waals surface area contributed by atoms with Crippen LogP contribution >= 0.6 is 9.90 Å². The summed E-state index contributed by atoms with van der Waals surface area (Å²) >= 11 is 0. The van der Waals surface area contributed by atoms with E-state index in [1.165, 1.54) is 0 Å². The van der Waals surface area contributed by atoms with Gasteiger partial charge >= 0.3 is 97.8 Å². The van der Waals surface area contributed by atoms with E-state index in [0.717, 1.165) is 0 Å². The monoisotopic (exact) mass is 342 g/mol. The second-order valence-electron chi connectivity index (χ2n) is 0. The molecule has 0 atom stereocenters. The van der Waals surface area contributed by atoms with E-state index in [1.54, 1.807) is 0 Å². The number of hydrogen-bond acceptors (Lipinski definition) is 0. The predicted molar refractivity (Wildman–Crippen MR) is 18.4 cm³/mol. The zero-order valence-corrected chi connectivity index (χ0v) is 12.8. The fourth-order valence-corrected chi connectivity index (χ4v) is 0. The topological polar surface area (TPSA) is 0 Å². The number of hydrogen-bond donors (Lipinski definition) is 0. The zero-order chi connectivity index (χ0) is 0. The molecule has 0 unspecified atom stereocenters. The molecule has 0 aromatic carbocycles. The summed E-state index contributed by atoms with van der Waals surface area (Å²) in [6, 6.07) is 0. The van der Waals surface area contributed by atoms with Crippen LogP contribution in [0.2, 0.25) is 0 Å².